The number of ether oxygens (including phenoxy) is 1. The zero-order chi connectivity index (χ0) is 23.7. The zero-order valence-corrected chi connectivity index (χ0v) is 19.4. The highest BCUT2D eigenvalue weighted by atomic mass is 19.1. The molecule has 3 aliphatic heterocycles. The number of rotatable bonds is 5. The van der Waals surface area contributed by atoms with E-state index in [1.165, 1.54) is 12.1 Å². The Labute approximate surface area is 197 Å². The summed E-state index contributed by atoms with van der Waals surface area (Å²) in [6, 6.07) is 3.94. The lowest BCUT2D eigenvalue weighted by Crippen LogP contribution is -2.47. The second kappa shape index (κ2) is 9.79. The third-order valence-corrected chi connectivity index (χ3v) is 6.79. The lowest BCUT2D eigenvalue weighted by molar-refractivity contribution is -0.129. The van der Waals surface area contributed by atoms with E-state index < -0.39 is 11.6 Å². The molecule has 0 bridgehead atoms. The lowest BCUT2D eigenvalue weighted by atomic mass is 10.1. The highest BCUT2D eigenvalue weighted by Crippen LogP contribution is 2.29. The lowest BCUT2D eigenvalue weighted by Gasteiger charge is -2.37. The number of carbonyl (C=O) groups is 1. The van der Waals surface area contributed by atoms with Crippen LogP contribution in [0, 0.1) is 11.6 Å². The number of halogens is 2. The molecule has 1 aromatic carbocycles. The highest BCUT2D eigenvalue weighted by Gasteiger charge is 2.28. The molecule has 0 spiro atoms. The molecule has 8 nitrogen and oxygen atoms in total. The summed E-state index contributed by atoms with van der Waals surface area (Å²) in [6.07, 6.45) is 1.60. The second-order valence-corrected chi connectivity index (χ2v) is 9.18. The molecule has 0 radical (unpaired) electrons. The first kappa shape index (κ1) is 22.9. The summed E-state index contributed by atoms with van der Waals surface area (Å²) in [5.74, 6) is 0.542. The maximum Gasteiger partial charge on any atom is 0.219 e. The molecule has 1 atom stereocenters. The van der Waals surface area contributed by atoms with E-state index in [-0.39, 0.29) is 11.9 Å². The van der Waals surface area contributed by atoms with Gasteiger partial charge in [-0.15, -0.1) is 0 Å². The fraction of sp³-hybridized carbons (Fsp3) is 0.542. The summed E-state index contributed by atoms with van der Waals surface area (Å²) in [5, 5.41) is 3.52. The summed E-state index contributed by atoms with van der Waals surface area (Å²) >= 11 is 0. The smallest absolute Gasteiger partial charge is 0.219 e. The molecule has 3 aliphatic rings. The van der Waals surface area contributed by atoms with Crippen molar-refractivity contribution >= 4 is 17.5 Å². The first-order chi connectivity index (χ1) is 16.5. The summed E-state index contributed by atoms with van der Waals surface area (Å²) in [4.78, 5) is 28.0. The van der Waals surface area contributed by atoms with E-state index in [1.54, 1.807) is 11.8 Å². The van der Waals surface area contributed by atoms with Crippen molar-refractivity contribution in [3.8, 4) is 0 Å². The second-order valence-electron chi connectivity index (χ2n) is 9.18. The summed E-state index contributed by atoms with van der Waals surface area (Å²) in [6.45, 7) is 7.44. The minimum atomic E-state index is -0.559. The topological polar surface area (TPSA) is 73.8 Å². The van der Waals surface area contributed by atoms with Crippen LogP contribution >= 0.6 is 0 Å². The Morgan fingerprint density at radius 1 is 1.15 bits per heavy atom. The number of nitrogens with zero attached hydrogens (tertiary/aromatic N) is 5. The average molecular weight is 473 g/mol. The molecule has 182 valence electrons. The monoisotopic (exact) mass is 472 g/mol. The van der Waals surface area contributed by atoms with Crippen LogP contribution in [0.5, 0.6) is 0 Å². The molecule has 4 heterocycles. The van der Waals surface area contributed by atoms with Gasteiger partial charge in [-0.05, 0) is 12.5 Å². The third-order valence-electron chi connectivity index (χ3n) is 6.79. The van der Waals surface area contributed by atoms with Crippen molar-refractivity contribution in [3.05, 3.63) is 46.8 Å². The Morgan fingerprint density at radius 3 is 2.68 bits per heavy atom. The Hall–Kier alpha value is -2.85. The van der Waals surface area contributed by atoms with E-state index in [4.69, 9.17) is 14.7 Å². The van der Waals surface area contributed by atoms with Gasteiger partial charge in [-0.1, -0.05) is 6.07 Å². The average Bonchev–Trinajstić information content (AvgIpc) is 3.34. The predicted octanol–water partition coefficient (Wildman–Crippen LogP) is 2.18. The number of piperazine rings is 1. The van der Waals surface area contributed by atoms with Crippen molar-refractivity contribution in [1.29, 1.82) is 0 Å². The van der Waals surface area contributed by atoms with Crippen LogP contribution in [-0.2, 0) is 29.0 Å². The number of carbonyl (C=O) groups excluding carboxylic acids is 1. The first-order valence-electron chi connectivity index (χ1n) is 11.9. The summed E-state index contributed by atoms with van der Waals surface area (Å²) in [5.41, 5.74) is 2.29. The normalized spacial score (nSPS) is 21.0. The molecule has 2 saturated heterocycles. The van der Waals surface area contributed by atoms with Gasteiger partial charge in [-0.2, -0.15) is 0 Å². The minimum Gasteiger partial charge on any atom is -0.379 e. The van der Waals surface area contributed by atoms with Gasteiger partial charge in [-0.25, -0.2) is 18.7 Å². The molecular weight excluding hydrogens is 442 g/mol. The van der Waals surface area contributed by atoms with Gasteiger partial charge >= 0.3 is 0 Å². The van der Waals surface area contributed by atoms with Crippen molar-refractivity contribution in [2.45, 2.75) is 38.9 Å². The standard InChI is InChI=1S/C24H30F2N6O2/c1-16(33)32-6-4-21-22(14-32)28-23(27-19-5-11-34-15-19)24(29-21)31-9-7-30(8-10-31)13-17-2-3-18(25)12-20(17)26/h2-3,12,19H,4-11,13-15H2,1H3,(H,27,28)/t19-/m0/s1. The van der Waals surface area contributed by atoms with Gasteiger partial charge in [0.05, 0.1) is 30.6 Å². The highest BCUT2D eigenvalue weighted by molar-refractivity contribution is 5.73. The van der Waals surface area contributed by atoms with Crippen LogP contribution in [0.15, 0.2) is 18.2 Å². The molecule has 1 N–H and O–H groups in total. The number of amides is 1. The zero-order valence-electron chi connectivity index (χ0n) is 19.4. The molecule has 10 heteroatoms. The van der Waals surface area contributed by atoms with E-state index in [0.717, 1.165) is 68.3 Å². The fourth-order valence-corrected chi connectivity index (χ4v) is 4.76. The van der Waals surface area contributed by atoms with E-state index in [1.807, 2.05) is 0 Å². The SMILES string of the molecule is CC(=O)N1CCc2nc(N3CCN(Cc4ccc(F)cc4F)CC3)c(N[C@H]3CCOC3)nc2C1. The number of fused-ring (bicyclic) bond motifs is 1. The predicted molar refractivity (Wildman–Crippen MR) is 124 cm³/mol. The van der Waals surface area contributed by atoms with E-state index in [9.17, 15) is 13.6 Å². The Kier molecular flexibility index (Phi) is 6.60. The van der Waals surface area contributed by atoms with Crippen molar-refractivity contribution in [1.82, 2.24) is 19.8 Å². The number of anilines is 2. The Balaban J connectivity index is 1.32. The van der Waals surface area contributed by atoms with Crippen LogP contribution < -0.4 is 10.2 Å². The maximum absolute atomic E-state index is 14.1. The van der Waals surface area contributed by atoms with Crippen molar-refractivity contribution in [2.75, 3.05) is 56.2 Å². The summed E-state index contributed by atoms with van der Waals surface area (Å²) < 4.78 is 32.8. The van der Waals surface area contributed by atoms with Crippen molar-refractivity contribution in [3.63, 3.8) is 0 Å². The van der Waals surface area contributed by atoms with Gasteiger partial charge in [-0.3, -0.25) is 9.69 Å². The van der Waals surface area contributed by atoms with Crippen LogP contribution in [0.1, 0.15) is 30.3 Å². The molecule has 0 saturated carbocycles. The van der Waals surface area contributed by atoms with Gasteiger partial charge in [0.15, 0.2) is 11.6 Å². The molecule has 34 heavy (non-hydrogen) atoms. The van der Waals surface area contributed by atoms with Gasteiger partial charge in [0.2, 0.25) is 5.91 Å². The minimum absolute atomic E-state index is 0.0453. The van der Waals surface area contributed by atoms with Gasteiger partial charge in [0, 0.05) is 70.8 Å². The van der Waals surface area contributed by atoms with Gasteiger partial charge in [0.25, 0.3) is 0 Å². The first-order valence-corrected chi connectivity index (χ1v) is 11.9. The number of nitrogens with one attached hydrogen (secondary N) is 1. The number of hydrogen-bond acceptors (Lipinski definition) is 7. The largest absolute Gasteiger partial charge is 0.379 e. The molecule has 5 rings (SSSR count). The molecule has 1 aromatic heterocycles. The van der Waals surface area contributed by atoms with Crippen LogP contribution in [0.3, 0.4) is 0 Å². The van der Waals surface area contributed by atoms with Gasteiger partial charge < -0.3 is 19.9 Å². The van der Waals surface area contributed by atoms with E-state index >= 15 is 0 Å². The van der Waals surface area contributed by atoms with E-state index in [2.05, 4.69) is 15.1 Å². The molecule has 2 fully saturated rings. The molecular formula is C24H30F2N6O2. The third kappa shape index (κ3) is 4.97. The molecule has 1 amide bonds. The molecule has 2 aromatic rings. The summed E-state index contributed by atoms with van der Waals surface area (Å²) in [7, 11) is 0. The fourth-order valence-electron chi connectivity index (χ4n) is 4.76. The van der Waals surface area contributed by atoms with E-state index in [0.29, 0.717) is 38.2 Å². The molecule has 0 aliphatic carbocycles. The quantitative estimate of drug-likeness (QED) is 0.715. The Morgan fingerprint density at radius 2 is 1.97 bits per heavy atom. The number of hydrogen-bond donors (Lipinski definition) is 1. The van der Waals surface area contributed by atoms with Crippen molar-refractivity contribution in [2.24, 2.45) is 0 Å². The van der Waals surface area contributed by atoms with Crippen LogP contribution in [-0.4, -0.2) is 77.7 Å². The maximum atomic E-state index is 14.1. The number of aromatic nitrogens is 2. The Bertz CT molecular complexity index is 1050. The van der Waals surface area contributed by atoms with Crippen LogP contribution in [0.25, 0.3) is 0 Å². The van der Waals surface area contributed by atoms with Gasteiger partial charge in [0.1, 0.15) is 11.6 Å². The van der Waals surface area contributed by atoms with Crippen LogP contribution in [0.2, 0.25) is 0 Å². The number of benzene rings is 1. The van der Waals surface area contributed by atoms with Crippen LogP contribution in [0.4, 0.5) is 20.4 Å². The molecule has 0 unspecified atom stereocenters. The van der Waals surface area contributed by atoms with Crippen molar-refractivity contribution < 1.29 is 18.3 Å².